The van der Waals surface area contributed by atoms with Crippen LogP contribution in [0.2, 0.25) is 0 Å². The fourth-order valence-electron chi connectivity index (χ4n) is 1.25. The van der Waals surface area contributed by atoms with Crippen molar-refractivity contribution in [2.24, 2.45) is 0 Å². The minimum atomic E-state index is 0.620. The molecule has 0 aliphatic heterocycles. The molecule has 0 amide bonds. The average Bonchev–Trinajstić information content (AvgIpc) is 2.58. The van der Waals surface area contributed by atoms with Crippen LogP contribution in [0, 0.1) is 71.0 Å². The van der Waals surface area contributed by atoms with Crippen LogP contribution >= 0.6 is 0 Å². The summed E-state index contributed by atoms with van der Waals surface area (Å²) < 4.78 is 0. The smallest absolute Gasteiger partial charge is 0.0696 e. The molecular weight excluding hydrogens is 264 g/mol. The van der Waals surface area contributed by atoms with Crippen LogP contribution in [0.3, 0.4) is 0 Å². The van der Waals surface area contributed by atoms with Crippen molar-refractivity contribution in [3.8, 4) is 71.0 Å². The third-order valence-electron chi connectivity index (χ3n) is 2.18. The Hall–Kier alpha value is -3.94. The topological polar surface area (TPSA) is 0 Å². The van der Waals surface area contributed by atoms with E-state index in [1.165, 1.54) is 0 Å². The van der Waals surface area contributed by atoms with E-state index in [2.05, 4.69) is 71.0 Å². The molecule has 2 bridgehead atoms. The molecule has 0 nitrogen and oxygen atoms in total. The molecule has 0 heterocycles. The van der Waals surface area contributed by atoms with Gasteiger partial charge in [-0.3, -0.25) is 0 Å². The summed E-state index contributed by atoms with van der Waals surface area (Å²) in [5.74, 6) is 34.7. The zero-order valence-electron chi connectivity index (χ0n) is 11.6. The van der Waals surface area contributed by atoms with Gasteiger partial charge in [0.2, 0.25) is 0 Å². The molecule has 0 aromatic rings. The summed E-state index contributed by atoms with van der Waals surface area (Å²) in [5, 5.41) is 0. The van der Waals surface area contributed by atoms with E-state index in [1.54, 1.807) is 48.6 Å². The van der Waals surface area contributed by atoms with Crippen LogP contribution < -0.4 is 0 Å². The Kier molecular flexibility index (Phi) is 5.95. The first-order valence-corrected chi connectivity index (χ1v) is 6.39. The van der Waals surface area contributed by atoms with Gasteiger partial charge in [0.15, 0.2) is 0 Å². The standard InChI is InChI=1S/C22H8/c1-2-4-7-11-15-21-17-13-9-6-10-14-18-22(20-19-21)16-12-8-5-3-1/h2,4-6,8-9,15,18H/b4-2-,8-5?,9-6-,21-15+,22-18-. The Morgan fingerprint density at radius 2 is 0.727 bits per heavy atom. The monoisotopic (exact) mass is 272 g/mol. The Labute approximate surface area is 131 Å². The molecule has 0 saturated heterocycles. The second-order valence-electron chi connectivity index (χ2n) is 3.77. The molecule has 0 fully saturated rings. The Morgan fingerprint density at radius 1 is 0.364 bits per heavy atom. The fraction of sp³-hybridized carbons (Fsp3) is 0. The highest BCUT2D eigenvalue weighted by Gasteiger charge is 1.87. The highest BCUT2D eigenvalue weighted by Crippen LogP contribution is 1.95. The molecule has 0 aromatic heterocycles. The first-order chi connectivity index (χ1) is 10.9. The van der Waals surface area contributed by atoms with Crippen LogP contribution in [0.15, 0.2) is 59.8 Å². The van der Waals surface area contributed by atoms with Gasteiger partial charge < -0.3 is 0 Å². The van der Waals surface area contributed by atoms with Crippen molar-refractivity contribution in [2.45, 2.75) is 0 Å². The molecular formula is C22H8. The predicted molar refractivity (Wildman–Crippen MR) is 90.2 cm³/mol. The maximum Gasteiger partial charge on any atom is 0.0834 e. The van der Waals surface area contributed by atoms with Crippen LogP contribution in [-0.4, -0.2) is 0 Å². The largest absolute Gasteiger partial charge is 0.0834 e. The summed E-state index contributed by atoms with van der Waals surface area (Å²) in [7, 11) is 0. The van der Waals surface area contributed by atoms with Crippen molar-refractivity contribution >= 4 is 0 Å². The van der Waals surface area contributed by atoms with Gasteiger partial charge in [0.25, 0.3) is 0 Å². The second kappa shape index (κ2) is 9.04. The number of fused-ring (bicyclic) bond motifs is 2. The number of hydrogen-bond acceptors (Lipinski definition) is 0. The molecule has 0 radical (unpaired) electrons. The van der Waals surface area contributed by atoms with Crippen LogP contribution in [0.5, 0.6) is 0 Å². The van der Waals surface area contributed by atoms with E-state index in [0.29, 0.717) is 11.1 Å². The minimum absolute atomic E-state index is 0.620. The third-order valence-corrected chi connectivity index (χ3v) is 2.18. The zero-order valence-corrected chi connectivity index (χ0v) is 11.6. The van der Waals surface area contributed by atoms with Crippen molar-refractivity contribution in [1.82, 2.24) is 0 Å². The van der Waals surface area contributed by atoms with Gasteiger partial charge in [0, 0.05) is 12.2 Å². The van der Waals surface area contributed by atoms with Gasteiger partial charge in [0.05, 0.1) is 11.1 Å². The van der Waals surface area contributed by atoms with Gasteiger partial charge in [-0.1, -0.05) is 71.0 Å². The summed E-state index contributed by atoms with van der Waals surface area (Å²) in [4.78, 5) is 0. The highest BCUT2D eigenvalue weighted by atomic mass is 13.9. The lowest BCUT2D eigenvalue weighted by Gasteiger charge is -1.83. The van der Waals surface area contributed by atoms with E-state index in [-0.39, 0.29) is 0 Å². The molecule has 2 rings (SSSR count). The maximum atomic E-state index is 2.97. The lowest BCUT2D eigenvalue weighted by Crippen LogP contribution is -1.76. The SMILES string of the molecule is C1#C/C=C\C#C/C=C2\C#C/C=C\C#C/C=C(/C#CC=C1)C#C2. The first-order valence-electron chi connectivity index (χ1n) is 6.39. The molecule has 0 aromatic carbocycles. The van der Waals surface area contributed by atoms with E-state index >= 15 is 0 Å². The molecule has 0 unspecified atom stereocenters. The summed E-state index contributed by atoms with van der Waals surface area (Å²) in [6.07, 6.45) is 13.4. The van der Waals surface area contributed by atoms with E-state index in [9.17, 15) is 0 Å². The zero-order chi connectivity index (χ0) is 15.3. The predicted octanol–water partition coefficient (Wildman–Crippen LogP) is 2.56. The Bertz CT molecular complexity index is 980. The third kappa shape index (κ3) is 5.80. The summed E-state index contributed by atoms with van der Waals surface area (Å²) in [6, 6.07) is 0. The van der Waals surface area contributed by atoms with Gasteiger partial charge in [0.1, 0.15) is 0 Å². The molecule has 22 heavy (non-hydrogen) atoms. The molecule has 2 aliphatic carbocycles. The molecule has 2 aliphatic rings. The van der Waals surface area contributed by atoms with Gasteiger partial charge in [-0.05, 0) is 36.5 Å². The molecule has 0 spiro atoms. The van der Waals surface area contributed by atoms with Crippen LogP contribution in [-0.2, 0) is 0 Å². The Balaban J connectivity index is 2.55. The fourth-order valence-corrected chi connectivity index (χ4v) is 1.25. The van der Waals surface area contributed by atoms with Crippen molar-refractivity contribution in [3.63, 3.8) is 0 Å². The number of rotatable bonds is 0. The van der Waals surface area contributed by atoms with E-state index in [1.807, 2.05) is 0 Å². The van der Waals surface area contributed by atoms with Crippen LogP contribution in [0.25, 0.3) is 0 Å². The molecule has 0 heteroatoms. The summed E-state index contributed by atoms with van der Waals surface area (Å²) in [5.41, 5.74) is 1.24. The lowest BCUT2D eigenvalue weighted by atomic mass is 10.2. The maximum absolute atomic E-state index is 2.97. The average molecular weight is 272 g/mol. The van der Waals surface area contributed by atoms with Crippen LogP contribution in [0.1, 0.15) is 0 Å². The molecule has 0 N–H and O–H groups in total. The van der Waals surface area contributed by atoms with Crippen molar-refractivity contribution < 1.29 is 0 Å². The van der Waals surface area contributed by atoms with Gasteiger partial charge in [-0.25, -0.2) is 0 Å². The van der Waals surface area contributed by atoms with Gasteiger partial charge in [-0.15, -0.1) is 0 Å². The molecule has 96 valence electrons. The van der Waals surface area contributed by atoms with Crippen molar-refractivity contribution in [3.05, 3.63) is 59.8 Å². The number of allylic oxidation sites excluding steroid dienone is 10. The summed E-state index contributed by atoms with van der Waals surface area (Å²) in [6.45, 7) is 0. The van der Waals surface area contributed by atoms with Crippen molar-refractivity contribution in [1.29, 1.82) is 0 Å². The Morgan fingerprint density at radius 3 is 1.18 bits per heavy atom. The molecule has 0 saturated carbocycles. The normalized spacial score (nSPS) is 21.1. The summed E-state index contributed by atoms with van der Waals surface area (Å²) >= 11 is 0. The van der Waals surface area contributed by atoms with E-state index in [4.69, 9.17) is 0 Å². The van der Waals surface area contributed by atoms with E-state index < -0.39 is 0 Å². The second-order valence-corrected chi connectivity index (χ2v) is 3.77. The van der Waals surface area contributed by atoms with Crippen molar-refractivity contribution in [2.75, 3.05) is 0 Å². The van der Waals surface area contributed by atoms with Crippen LogP contribution in [0.4, 0.5) is 0 Å². The van der Waals surface area contributed by atoms with Gasteiger partial charge in [-0.2, -0.15) is 0 Å². The quantitative estimate of drug-likeness (QED) is 0.595. The lowest BCUT2D eigenvalue weighted by molar-refractivity contribution is 1.84. The highest BCUT2D eigenvalue weighted by molar-refractivity contribution is 5.57. The van der Waals surface area contributed by atoms with Gasteiger partial charge >= 0.3 is 0 Å². The molecule has 0 atom stereocenters. The van der Waals surface area contributed by atoms with E-state index in [0.717, 1.165) is 0 Å². The minimum Gasteiger partial charge on any atom is -0.0696 e. The number of hydrogen-bond donors (Lipinski definition) is 0. The first kappa shape index (κ1) is 14.5.